The van der Waals surface area contributed by atoms with Crippen LogP contribution in [-0.2, 0) is 29.1 Å². The van der Waals surface area contributed by atoms with Gasteiger partial charge in [-0.15, -0.1) is 0 Å². The molecule has 2 heterocycles. The van der Waals surface area contributed by atoms with Crippen LogP contribution in [0.3, 0.4) is 0 Å². The smallest absolute Gasteiger partial charge is 0.261 e. The van der Waals surface area contributed by atoms with E-state index in [0.29, 0.717) is 23.1 Å². The van der Waals surface area contributed by atoms with Crippen molar-refractivity contribution >= 4 is 22.7 Å². The van der Waals surface area contributed by atoms with Crippen molar-refractivity contribution in [3.05, 3.63) is 75.8 Å². The summed E-state index contributed by atoms with van der Waals surface area (Å²) in [5, 5.41) is 0.455. The molecule has 0 radical (unpaired) electrons. The predicted octanol–water partition coefficient (Wildman–Crippen LogP) is 1.14. The summed E-state index contributed by atoms with van der Waals surface area (Å²) in [6.07, 6.45) is 0.376. The van der Waals surface area contributed by atoms with E-state index in [2.05, 4.69) is 4.98 Å². The normalized spacial score (nSPS) is 16.0. The van der Waals surface area contributed by atoms with Gasteiger partial charge in [-0.1, -0.05) is 36.4 Å². The van der Waals surface area contributed by atoms with E-state index < -0.39 is 11.9 Å². The molecule has 0 bridgehead atoms. The van der Waals surface area contributed by atoms with Crippen LogP contribution in [-0.4, -0.2) is 32.3 Å². The quantitative estimate of drug-likeness (QED) is 0.741. The molecular weight excluding hydrogens is 356 g/mol. The number of rotatable bonds is 3. The second-order valence-electron chi connectivity index (χ2n) is 6.98. The Morgan fingerprint density at radius 3 is 2.54 bits per heavy atom. The number of carbonyl (C=O) groups is 2. The van der Waals surface area contributed by atoms with Gasteiger partial charge in [-0.25, -0.2) is 4.98 Å². The zero-order valence-electron chi connectivity index (χ0n) is 15.5. The molecule has 7 nitrogen and oxygen atoms in total. The van der Waals surface area contributed by atoms with Crippen molar-refractivity contribution in [3.63, 3.8) is 0 Å². The van der Waals surface area contributed by atoms with Gasteiger partial charge < -0.3 is 10.6 Å². The Morgan fingerprint density at radius 1 is 1.11 bits per heavy atom. The summed E-state index contributed by atoms with van der Waals surface area (Å²) in [4.78, 5) is 43.8. The van der Waals surface area contributed by atoms with Crippen LogP contribution in [0, 0.1) is 6.92 Å². The second-order valence-corrected chi connectivity index (χ2v) is 6.98. The lowest BCUT2D eigenvalue weighted by atomic mass is 9.93. The molecule has 3 aromatic rings. The van der Waals surface area contributed by atoms with Gasteiger partial charge in [-0.2, -0.15) is 0 Å². The molecule has 1 aliphatic heterocycles. The monoisotopic (exact) mass is 376 g/mol. The number of hydrogen-bond donors (Lipinski definition) is 1. The van der Waals surface area contributed by atoms with Crippen LogP contribution in [0.25, 0.3) is 10.9 Å². The second kappa shape index (κ2) is 6.92. The van der Waals surface area contributed by atoms with Crippen molar-refractivity contribution < 1.29 is 9.59 Å². The van der Waals surface area contributed by atoms with Crippen LogP contribution in [0.1, 0.15) is 17.0 Å². The summed E-state index contributed by atoms with van der Waals surface area (Å²) >= 11 is 0. The fourth-order valence-electron chi connectivity index (χ4n) is 3.73. The van der Waals surface area contributed by atoms with Crippen molar-refractivity contribution in [2.75, 3.05) is 0 Å². The van der Waals surface area contributed by atoms with Gasteiger partial charge in [0.1, 0.15) is 18.4 Å². The minimum absolute atomic E-state index is 0.186. The Bertz CT molecular complexity index is 1150. The predicted molar refractivity (Wildman–Crippen MR) is 104 cm³/mol. The van der Waals surface area contributed by atoms with E-state index in [9.17, 15) is 14.4 Å². The van der Waals surface area contributed by atoms with E-state index in [-0.39, 0.29) is 24.6 Å². The molecule has 0 aliphatic carbocycles. The number of primary amides is 1. The van der Waals surface area contributed by atoms with E-state index in [1.54, 1.807) is 25.1 Å². The maximum atomic E-state index is 13.1. The van der Waals surface area contributed by atoms with Gasteiger partial charge in [0.25, 0.3) is 5.56 Å². The number of aryl methyl sites for hydroxylation is 1. The van der Waals surface area contributed by atoms with Gasteiger partial charge in [0, 0.05) is 13.0 Å². The van der Waals surface area contributed by atoms with Crippen molar-refractivity contribution in [1.29, 1.82) is 0 Å². The number of aromatic nitrogens is 2. The zero-order valence-corrected chi connectivity index (χ0v) is 15.5. The summed E-state index contributed by atoms with van der Waals surface area (Å²) < 4.78 is 1.35. The van der Waals surface area contributed by atoms with Crippen LogP contribution in [0.15, 0.2) is 53.3 Å². The highest BCUT2D eigenvalue weighted by atomic mass is 16.2. The molecule has 1 aromatic heterocycles. The Kier molecular flexibility index (Phi) is 4.43. The Labute approximate surface area is 161 Å². The third-order valence-electron chi connectivity index (χ3n) is 5.24. The van der Waals surface area contributed by atoms with Crippen LogP contribution < -0.4 is 11.3 Å². The van der Waals surface area contributed by atoms with Crippen LogP contribution in [0.5, 0.6) is 0 Å². The Balaban J connectivity index is 1.69. The topological polar surface area (TPSA) is 98.3 Å². The van der Waals surface area contributed by atoms with E-state index in [4.69, 9.17) is 5.73 Å². The molecule has 28 heavy (non-hydrogen) atoms. The molecule has 2 amide bonds. The molecule has 1 aliphatic rings. The van der Waals surface area contributed by atoms with Crippen molar-refractivity contribution in [3.8, 4) is 0 Å². The first-order valence-corrected chi connectivity index (χ1v) is 9.07. The van der Waals surface area contributed by atoms with Gasteiger partial charge in [0.15, 0.2) is 0 Å². The lowest BCUT2D eigenvalue weighted by molar-refractivity contribution is -0.141. The number of amides is 2. The van der Waals surface area contributed by atoms with Gasteiger partial charge in [0.2, 0.25) is 11.8 Å². The first-order chi connectivity index (χ1) is 13.5. The molecule has 0 saturated heterocycles. The van der Waals surface area contributed by atoms with Crippen molar-refractivity contribution in [2.45, 2.75) is 32.5 Å². The number of fused-ring (bicyclic) bond motifs is 2. The van der Waals surface area contributed by atoms with E-state index in [0.717, 1.165) is 11.1 Å². The molecule has 1 unspecified atom stereocenters. The van der Waals surface area contributed by atoms with Gasteiger partial charge in [-0.3, -0.25) is 19.0 Å². The molecule has 2 aromatic carbocycles. The number of benzene rings is 2. The standard InChI is InChI=1S/C21H20N4O3/c1-13-23-17-9-5-4-8-16(17)21(28)24(13)12-19(26)25-11-15-7-3-2-6-14(15)10-18(25)20(22)27/h2-9,18H,10-12H2,1H3,(H2,22,27). The minimum atomic E-state index is -0.730. The molecule has 142 valence electrons. The lowest BCUT2D eigenvalue weighted by Gasteiger charge is -2.35. The highest BCUT2D eigenvalue weighted by molar-refractivity contribution is 5.87. The molecule has 0 fully saturated rings. The Morgan fingerprint density at radius 2 is 1.79 bits per heavy atom. The maximum absolute atomic E-state index is 13.1. The average molecular weight is 376 g/mol. The molecular formula is C21H20N4O3. The van der Waals surface area contributed by atoms with Crippen LogP contribution in [0.2, 0.25) is 0 Å². The molecule has 4 rings (SSSR count). The Hall–Kier alpha value is -3.48. The van der Waals surface area contributed by atoms with Gasteiger partial charge >= 0.3 is 0 Å². The highest BCUT2D eigenvalue weighted by Crippen LogP contribution is 2.23. The van der Waals surface area contributed by atoms with Gasteiger partial charge in [0.05, 0.1) is 10.9 Å². The molecule has 0 saturated carbocycles. The lowest BCUT2D eigenvalue weighted by Crippen LogP contribution is -2.52. The van der Waals surface area contributed by atoms with Gasteiger partial charge in [-0.05, 0) is 30.2 Å². The van der Waals surface area contributed by atoms with E-state index in [1.807, 2.05) is 30.3 Å². The van der Waals surface area contributed by atoms with Crippen molar-refractivity contribution in [1.82, 2.24) is 14.5 Å². The molecule has 7 heteroatoms. The fourth-order valence-corrected chi connectivity index (χ4v) is 3.73. The van der Waals surface area contributed by atoms with Crippen LogP contribution >= 0.6 is 0 Å². The summed E-state index contributed by atoms with van der Waals surface area (Å²) in [6.45, 7) is 1.80. The first-order valence-electron chi connectivity index (χ1n) is 9.07. The number of carbonyl (C=O) groups excluding carboxylic acids is 2. The summed E-state index contributed by atoms with van der Waals surface area (Å²) in [6, 6.07) is 14.0. The number of nitrogens with zero attached hydrogens (tertiary/aromatic N) is 3. The largest absolute Gasteiger partial charge is 0.368 e. The van der Waals surface area contributed by atoms with E-state index in [1.165, 1.54) is 9.47 Å². The first kappa shape index (κ1) is 17.9. The van der Waals surface area contributed by atoms with E-state index >= 15 is 0 Å². The highest BCUT2D eigenvalue weighted by Gasteiger charge is 2.33. The zero-order chi connectivity index (χ0) is 19.8. The number of nitrogens with two attached hydrogens (primary N) is 1. The summed E-state index contributed by atoms with van der Waals surface area (Å²) in [5.41, 5.74) is 7.88. The molecule has 2 N–H and O–H groups in total. The number of hydrogen-bond acceptors (Lipinski definition) is 4. The average Bonchev–Trinajstić information content (AvgIpc) is 2.70. The summed E-state index contributed by atoms with van der Waals surface area (Å²) in [7, 11) is 0. The molecule has 1 atom stereocenters. The third-order valence-corrected chi connectivity index (χ3v) is 5.24. The maximum Gasteiger partial charge on any atom is 0.261 e. The van der Waals surface area contributed by atoms with Crippen molar-refractivity contribution in [2.24, 2.45) is 5.73 Å². The summed E-state index contributed by atoms with van der Waals surface area (Å²) in [5.74, 6) is -0.436. The minimum Gasteiger partial charge on any atom is -0.368 e. The number of para-hydroxylation sites is 1. The third kappa shape index (κ3) is 3.05. The fraction of sp³-hybridized carbons (Fsp3) is 0.238. The van der Waals surface area contributed by atoms with Crippen LogP contribution in [0.4, 0.5) is 0 Å². The SMILES string of the molecule is Cc1nc2ccccc2c(=O)n1CC(=O)N1Cc2ccccc2CC1C(N)=O. The molecule has 0 spiro atoms.